The highest BCUT2D eigenvalue weighted by atomic mass is 32.1. The van der Waals surface area contributed by atoms with E-state index >= 15 is 0 Å². The molecule has 0 radical (unpaired) electrons. The second-order valence-corrected chi connectivity index (χ2v) is 4.70. The van der Waals surface area contributed by atoms with E-state index in [4.69, 9.17) is 4.74 Å². The molecule has 0 aromatic carbocycles. The molecule has 2 amide bonds. The molecule has 19 heavy (non-hydrogen) atoms. The third-order valence-corrected chi connectivity index (χ3v) is 3.24. The van der Waals surface area contributed by atoms with Gasteiger partial charge in [-0.2, -0.15) is 4.37 Å². The van der Waals surface area contributed by atoms with E-state index in [2.05, 4.69) is 15.0 Å². The molecule has 0 aliphatic rings. The lowest BCUT2D eigenvalue weighted by atomic mass is 10.2. The third kappa shape index (κ3) is 4.51. The summed E-state index contributed by atoms with van der Waals surface area (Å²) in [6.07, 6.45) is 1.92. The summed E-state index contributed by atoms with van der Waals surface area (Å²) in [6.45, 7) is 6.39. The molecule has 0 atom stereocenters. The molecule has 1 aromatic rings. The molecule has 0 bridgehead atoms. The first kappa shape index (κ1) is 15.4. The lowest BCUT2D eigenvalue weighted by Gasteiger charge is -2.07. The first-order chi connectivity index (χ1) is 9.10. The highest BCUT2D eigenvalue weighted by molar-refractivity contribution is 7.11. The maximum absolute atomic E-state index is 11.8. The van der Waals surface area contributed by atoms with Gasteiger partial charge in [0.15, 0.2) is 0 Å². The summed E-state index contributed by atoms with van der Waals surface area (Å²) in [7, 11) is 0. The zero-order chi connectivity index (χ0) is 14.3. The first-order valence-electron chi connectivity index (χ1n) is 6.28. The maximum atomic E-state index is 11.8. The Morgan fingerprint density at radius 1 is 1.37 bits per heavy atom. The van der Waals surface area contributed by atoms with Crippen LogP contribution in [0.1, 0.15) is 42.7 Å². The lowest BCUT2D eigenvalue weighted by molar-refractivity contribution is 0.0527. The predicted molar refractivity (Wildman–Crippen MR) is 74.7 cm³/mol. The van der Waals surface area contributed by atoms with Crippen LogP contribution in [0.3, 0.4) is 0 Å². The zero-order valence-electron chi connectivity index (χ0n) is 11.4. The molecule has 0 saturated heterocycles. The summed E-state index contributed by atoms with van der Waals surface area (Å²) >= 11 is 1.08. The Labute approximate surface area is 116 Å². The zero-order valence-corrected chi connectivity index (χ0v) is 12.2. The predicted octanol–water partition coefficient (Wildman–Crippen LogP) is 2.55. The Morgan fingerprint density at radius 2 is 2.11 bits per heavy atom. The number of carbonyl (C=O) groups is 2. The number of hydrogen-bond acceptors (Lipinski definition) is 5. The Hall–Kier alpha value is -1.63. The number of urea groups is 1. The molecule has 0 aliphatic heterocycles. The van der Waals surface area contributed by atoms with Gasteiger partial charge in [0.05, 0.1) is 12.3 Å². The van der Waals surface area contributed by atoms with Crippen molar-refractivity contribution in [2.45, 2.75) is 33.6 Å². The van der Waals surface area contributed by atoms with E-state index in [1.54, 1.807) is 13.8 Å². The summed E-state index contributed by atoms with van der Waals surface area (Å²) in [5.41, 5.74) is 0.893. The number of esters is 1. The first-order valence-corrected chi connectivity index (χ1v) is 7.05. The maximum Gasteiger partial charge on any atom is 0.343 e. The van der Waals surface area contributed by atoms with Crippen molar-refractivity contribution in [2.75, 3.05) is 18.5 Å². The number of ether oxygens (including phenoxy) is 1. The highest BCUT2D eigenvalue weighted by Crippen LogP contribution is 2.25. The number of nitrogens with zero attached hydrogens (tertiary/aromatic N) is 1. The fourth-order valence-corrected chi connectivity index (χ4v) is 2.20. The Morgan fingerprint density at radius 3 is 2.74 bits per heavy atom. The minimum absolute atomic E-state index is 0.288. The largest absolute Gasteiger partial charge is 0.462 e. The van der Waals surface area contributed by atoms with Gasteiger partial charge in [0, 0.05) is 6.54 Å². The van der Waals surface area contributed by atoms with Gasteiger partial charge in [-0.05, 0) is 31.8 Å². The van der Waals surface area contributed by atoms with Gasteiger partial charge in [0.25, 0.3) is 0 Å². The van der Waals surface area contributed by atoms with Crippen molar-refractivity contribution in [2.24, 2.45) is 0 Å². The number of nitrogens with one attached hydrogen (secondary N) is 2. The van der Waals surface area contributed by atoms with Gasteiger partial charge in [-0.15, -0.1) is 0 Å². The number of unbranched alkanes of at least 4 members (excludes halogenated alkanes) is 1. The van der Waals surface area contributed by atoms with Gasteiger partial charge < -0.3 is 10.1 Å². The average Bonchev–Trinajstić information content (AvgIpc) is 2.71. The molecule has 7 heteroatoms. The van der Waals surface area contributed by atoms with E-state index in [0.717, 1.165) is 24.4 Å². The van der Waals surface area contributed by atoms with Crippen molar-refractivity contribution in [3.63, 3.8) is 0 Å². The molecule has 0 unspecified atom stereocenters. The van der Waals surface area contributed by atoms with Crippen LogP contribution in [0.2, 0.25) is 0 Å². The van der Waals surface area contributed by atoms with Crippen LogP contribution in [0.4, 0.5) is 9.80 Å². The molecule has 0 spiro atoms. The van der Waals surface area contributed by atoms with Crippen molar-refractivity contribution in [1.82, 2.24) is 9.69 Å². The van der Waals surface area contributed by atoms with Crippen molar-refractivity contribution in [1.29, 1.82) is 0 Å². The molecule has 1 rings (SSSR count). The number of aromatic nitrogens is 1. The van der Waals surface area contributed by atoms with E-state index in [9.17, 15) is 9.59 Å². The number of anilines is 1. The van der Waals surface area contributed by atoms with Crippen LogP contribution in [-0.2, 0) is 4.74 Å². The average molecular weight is 285 g/mol. The van der Waals surface area contributed by atoms with Crippen LogP contribution >= 0.6 is 11.5 Å². The van der Waals surface area contributed by atoms with Crippen LogP contribution in [0.25, 0.3) is 0 Å². The monoisotopic (exact) mass is 285 g/mol. The van der Waals surface area contributed by atoms with Crippen LogP contribution < -0.4 is 10.6 Å². The fraction of sp³-hybridized carbons (Fsp3) is 0.583. The second kappa shape index (κ2) is 7.73. The molecule has 106 valence electrons. The van der Waals surface area contributed by atoms with Gasteiger partial charge in [-0.25, -0.2) is 9.59 Å². The SMILES string of the molecule is CCCCNC(=O)Nc1snc(C)c1C(=O)OCC. The van der Waals surface area contributed by atoms with Crippen LogP contribution in [0.15, 0.2) is 0 Å². The van der Waals surface area contributed by atoms with Crippen LogP contribution in [0, 0.1) is 6.92 Å². The molecule has 6 nitrogen and oxygen atoms in total. The van der Waals surface area contributed by atoms with Crippen molar-refractivity contribution in [3.05, 3.63) is 11.3 Å². The van der Waals surface area contributed by atoms with Gasteiger partial charge in [-0.1, -0.05) is 13.3 Å². The summed E-state index contributed by atoms with van der Waals surface area (Å²) in [5, 5.41) is 5.77. The summed E-state index contributed by atoms with van der Waals surface area (Å²) in [6, 6.07) is -0.331. The lowest BCUT2D eigenvalue weighted by Crippen LogP contribution is -2.29. The van der Waals surface area contributed by atoms with Crippen molar-refractivity contribution in [3.8, 4) is 0 Å². The van der Waals surface area contributed by atoms with Crippen LogP contribution in [-0.4, -0.2) is 29.5 Å². The Bertz CT molecular complexity index is 445. The number of hydrogen-bond donors (Lipinski definition) is 2. The topological polar surface area (TPSA) is 80.3 Å². The minimum Gasteiger partial charge on any atom is -0.462 e. The fourth-order valence-electron chi connectivity index (χ4n) is 1.42. The van der Waals surface area contributed by atoms with Crippen LogP contribution in [0.5, 0.6) is 0 Å². The van der Waals surface area contributed by atoms with Crippen molar-refractivity contribution >= 4 is 28.5 Å². The number of amides is 2. The second-order valence-electron chi connectivity index (χ2n) is 3.93. The molecule has 1 heterocycles. The summed E-state index contributed by atoms with van der Waals surface area (Å²) in [4.78, 5) is 23.4. The number of rotatable bonds is 6. The third-order valence-electron chi connectivity index (χ3n) is 2.39. The molecule has 0 aliphatic carbocycles. The van der Waals surface area contributed by atoms with E-state index in [-0.39, 0.29) is 12.6 Å². The molecule has 2 N–H and O–H groups in total. The summed E-state index contributed by atoms with van der Waals surface area (Å²) < 4.78 is 9.01. The molecule has 0 fully saturated rings. The van der Waals surface area contributed by atoms with Gasteiger partial charge in [0.1, 0.15) is 10.6 Å². The quantitative estimate of drug-likeness (QED) is 0.622. The van der Waals surface area contributed by atoms with E-state index in [1.165, 1.54) is 0 Å². The molecular weight excluding hydrogens is 266 g/mol. The molecule has 0 saturated carbocycles. The highest BCUT2D eigenvalue weighted by Gasteiger charge is 2.20. The number of aryl methyl sites for hydroxylation is 1. The Balaban J connectivity index is 2.68. The minimum atomic E-state index is -0.461. The summed E-state index contributed by atoms with van der Waals surface area (Å²) in [5.74, 6) is -0.461. The van der Waals surface area contributed by atoms with E-state index in [1.807, 2.05) is 6.92 Å². The normalized spacial score (nSPS) is 10.1. The van der Waals surface area contributed by atoms with Gasteiger partial charge >= 0.3 is 12.0 Å². The van der Waals surface area contributed by atoms with E-state index in [0.29, 0.717) is 22.8 Å². The van der Waals surface area contributed by atoms with Gasteiger partial charge in [0.2, 0.25) is 0 Å². The standard InChI is InChI=1S/C12H19N3O3S/c1-4-6-7-13-12(17)14-10-9(8(3)15-19-10)11(16)18-5-2/h4-7H2,1-3H3,(H2,13,14,17). The smallest absolute Gasteiger partial charge is 0.343 e. The van der Waals surface area contributed by atoms with Gasteiger partial charge in [-0.3, -0.25) is 5.32 Å². The molecule has 1 aromatic heterocycles. The Kier molecular flexibility index (Phi) is 6.27. The molecular formula is C12H19N3O3S. The van der Waals surface area contributed by atoms with Crippen molar-refractivity contribution < 1.29 is 14.3 Å². The van der Waals surface area contributed by atoms with E-state index < -0.39 is 5.97 Å². The number of carbonyl (C=O) groups excluding carboxylic acids is 2.